The SMILES string of the molecule is CCN(CC)c1ccc(C(=O)Nc2cccc3ncccc23)cc1. The van der Waals surface area contributed by atoms with Gasteiger partial charge in [-0.2, -0.15) is 0 Å². The molecule has 1 aromatic heterocycles. The molecular formula is C20H21N3O. The molecule has 0 fully saturated rings. The quantitative estimate of drug-likeness (QED) is 0.761. The Bertz CT molecular complexity index is 834. The highest BCUT2D eigenvalue weighted by Gasteiger charge is 2.09. The van der Waals surface area contributed by atoms with Crippen LogP contribution in [0.1, 0.15) is 24.2 Å². The van der Waals surface area contributed by atoms with E-state index in [1.165, 1.54) is 0 Å². The van der Waals surface area contributed by atoms with Crippen molar-refractivity contribution in [3.05, 3.63) is 66.4 Å². The second kappa shape index (κ2) is 7.13. The molecule has 0 saturated carbocycles. The molecule has 0 unspecified atom stereocenters. The first-order chi connectivity index (χ1) is 11.7. The number of hydrogen-bond acceptors (Lipinski definition) is 3. The standard InChI is InChI=1S/C20H21N3O/c1-3-23(4-2)16-12-10-15(11-13-16)20(24)22-19-9-5-8-18-17(19)7-6-14-21-18/h5-14H,3-4H2,1-2H3,(H,22,24). The van der Waals surface area contributed by atoms with Crippen molar-refractivity contribution >= 4 is 28.2 Å². The summed E-state index contributed by atoms with van der Waals surface area (Å²) in [7, 11) is 0. The molecule has 4 heteroatoms. The Morgan fingerprint density at radius 2 is 1.75 bits per heavy atom. The fraction of sp³-hybridized carbons (Fsp3) is 0.200. The highest BCUT2D eigenvalue weighted by molar-refractivity contribution is 6.08. The van der Waals surface area contributed by atoms with Crippen molar-refractivity contribution < 1.29 is 4.79 Å². The average Bonchev–Trinajstić information content (AvgIpc) is 2.63. The Balaban J connectivity index is 1.82. The zero-order valence-corrected chi connectivity index (χ0v) is 14.0. The minimum Gasteiger partial charge on any atom is -0.372 e. The molecule has 0 atom stereocenters. The number of rotatable bonds is 5. The number of fused-ring (bicyclic) bond motifs is 1. The molecule has 1 heterocycles. The van der Waals surface area contributed by atoms with Crippen LogP contribution < -0.4 is 10.2 Å². The number of benzene rings is 2. The van der Waals surface area contributed by atoms with Crippen LogP contribution in [-0.4, -0.2) is 24.0 Å². The maximum atomic E-state index is 12.5. The van der Waals surface area contributed by atoms with Crippen molar-refractivity contribution in [2.45, 2.75) is 13.8 Å². The fourth-order valence-electron chi connectivity index (χ4n) is 2.82. The maximum Gasteiger partial charge on any atom is 0.255 e. The predicted molar refractivity (Wildman–Crippen MR) is 99.7 cm³/mol. The number of aromatic nitrogens is 1. The van der Waals surface area contributed by atoms with Gasteiger partial charge in [0.05, 0.1) is 11.2 Å². The van der Waals surface area contributed by atoms with Crippen LogP contribution in [0.25, 0.3) is 10.9 Å². The van der Waals surface area contributed by atoms with Crippen LogP contribution >= 0.6 is 0 Å². The molecule has 24 heavy (non-hydrogen) atoms. The zero-order valence-electron chi connectivity index (χ0n) is 14.0. The van der Waals surface area contributed by atoms with Crippen LogP contribution in [0.4, 0.5) is 11.4 Å². The number of carbonyl (C=O) groups excluding carboxylic acids is 1. The van der Waals surface area contributed by atoms with E-state index in [0.29, 0.717) is 5.56 Å². The monoisotopic (exact) mass is 319 g/mol. The van der Waals surface area contributed by atoms with Gasteiger partial charge in [-0.05, 0) is 62.4 Å². The molecule has 0 spiro atoms. The molecule has 4 nitrogen and oxygen atoms in total. The van der Waals surface area contributed by atoms with Crippen LogP contribution in [0.3, 0.4) is 0 Å². The molecule has 0 aliphatic carbocycles. The molecule has 0 saturated heterocycles. The van der Waals surface area contributed by atoms with E-state index in [1.807, 2.05) is 54.6 Å². The second-order valence-electron chi connectivity index (χ2n) is 5.55. The lowest BCUT2D eigenvalue weighted by Gasteiger charge is -2.21. The Morgan fingerprint density at radius 3 is 2.46 bits per heavy atom. The number of nitrogens with one attached hydrogen (secondary N) is 1. The summed E-state index contributed by atoms with van der Waals surface area (Å²) < 4.78 is 0. The van der Waals surface area contributed by atoms with Gasteiger partial charge in [0.25, 0.3) is 5.91 Å². The molecule has 3 aromatic rings. The minimum absolute atomic E-state index is 0.113. The van der Waals surface area contributed by atoms with E-state index in [9.17, 15) is 4.79 Å². The van der Waals surface area contributed by atoms with E-state index in [2.05, 4.69) is 29.0 Å². The summed E-state index contributed by atoms with van der Waals surface area (Å²) in [6, 6.07) is 17.3. The van der Waals surface area contributed by atoms with E-state index in [1.54, 1.807) is 6.20 Å². The van der Waals surface area contributed by atoms with Gasteiger partial charge in [0.15, 0.2) is 0 Å². The van der Waals surface area contributed by atoms with Crippen molar-refractivity contribution in [2.75, 3.05) is 23.3 Å². The van der Waals surface area contributed by atoms with Crippen molar-refractivity contribution in [3.63, 3.8) is 0 Å². The smallest absolute Gasteiger partial charge is 0.255 e. The number of hydrogen-bond donors (Lipinski definition) is 1. The lowest BCUT2D eigenvalue weighted by atomic mass is 10.1. The molecule has 0 aliphatic rings. The number of nitrogens with zero attached hydrogens (tertiary/aromatic N) is 2. The molecule has 0 radical (unpaired) electrons. The number of carbonyl (C=O) groups is 1. The highest BCUT2D eigenvalue weighted by atomic mass is 16.1. The van der Waals surface area contributed by atoms with E-state index in [4.69, 9.17) is 0 Å². The van der Waals surface area contributed by atoms with E-state index < -0.39 is 0 Å². The second-order valence-corrected chi connectivity index (χ2v) is 5.55. The van der Waals surface area contributed by atoms with Gasteiger partial charge >= 0.3 is 0 Å². The highest BCUT2D eigenvalue weighted by Crippen LogP contribution is 2.22. The van der Waals surface area contributed by atoms with Crippen molar-refractivity contribution in [2.24, 2.45) is 0 Å². The summed E-state index contributed by atoms with van der Waals surface area (Å²) in [4.78, 5) is 19.1. The first-order valence-corrected chi connectivity index (χ1v) is 8.23. The summed E-state index contributed by atoms with van der Waals surface area (Å²) in [5.74, 6) is -0.113. The van der Waals surface area contributed by atoms with Crippen LogP contribution in [0, 0.1) is 0 Å². The average molecular weight is 319 g/mol. The van der Waals surface area contributed by atoms with Gasteiger partial charge in [-0.1, -0.05) is 6.07 Å². The zero-order chi connectivity index (χ0) is 16.9. The van der Waals surface area contributed by atoms with Gasteiger partial charge in [0.1, 0.15) is 0 Å². The molecule has 1 amide bonds. The topological polar surface area (TPSA) is 45.2 Å². The van der Waals surface area contributed by atoms with Crippen LogP contribution in [0.5, 0.6) is 0 Å². The molecule has 3 rings (SSSR count). The summed E-state index contributed by atoms with van der Waals surface area (Å²) >= 11 is 0. The van der Waals surface area contributed by atoms with Crippen LogP contribution in [-0.2, 0) is 0 Å². The predicted octanol–water partition coefficient (Wildman–Crippen LogP) is 4.33. The van der Waals surface area contributed by atoms with E-state index in [0.717, 1.165) is 35.4 Å². The van der Waals surface area contributed by atoms with Gasteiger partial charge in [-0.3, -0.25) is 9.78 Å². The summed E-state index contributed by atoms with van der Waals surface area (Å²) in [6.45, 7) is 6.15. The molecule has 2 aromatic carbocycles. The Labute approximate surface area is 142 Å². The number of amides is 1. The third-order valence-corrected chi connectivity index (χ3v) is 4.15. The summed E-state index contributed by atoms with van der Waals surface area (Å²) in [5, 5.41) is 3.92. The van der Waals surface area contributed by atoms with Gasteiger partial charge in [0, 0.05) is 35.9 Å². The lowest BCUT2D eigenvalue weighted by molar-refractivity contribution is 0.102. The lowest BCUT2D eigenvalue weighted by Crippen LogP contribution is -2.21. The largest absolute Gasteiger partial charge is 0.372 e. The fourth-order valence-corrected chi connectivity index (χ4v) is 2.82. The molecule has 0 bridgehead atoms. The van der Waals surface area contributed by atoms with Crippen molar-refractivity contribution in [1.82, 2.24) is 4.98 Å². The number of pyridine rings is 1. The van der Waals surface area contributed by atoms with Crippen molar-refractivity contribution in [1.29, 1.82) is 0 Å². The maximum absolute atomic E-state index is 12.5. The van der Waals surface area contributed by atoms with Gasteiger partial charge in [0.2, 0.25) is 0 Å². The van der Waals surface area contributed by atoms with Gasteiger partial charge in [-0.25, -0.2) is 0 Å². The molecule has 0 aliphatic heterocycles. The van der Waals surface area contributed by atoms with E-state index >= 15 is 0 Å². The van der Waals surface area contributed by atoms with E-state index in [-0.39, 0.29) is 5.91 Å². The Kier molecular flexibility index (Phi) is 4.75. The molecular weight excluding hydrogens is 298 g/mol. The Morgan fingerprint density at radius 1 is 1.00 bits per heavy atom. The molecule has 1 N–H and O–H groups in total. The third-order valence-electron chi connectivity index (χ3n) is 4.15. The van der Waals surface area contributed by atoms with Crippen molar-refractivity contribution in [3.8, 4) is 0 Å². The first-order valence-electron chi connectivity index (χ1n) is 8.23. The number of anilines is 2. The summed E-state index contributed by atoms with van der Waals surface area (Å²) in [6.07, 6.45) is 1.75. The summed E-state index contributed by atoms with van der Waals surface area (Å²) in [5.41, 5.74) is 3.42. The van der Waals surface area contributed by atoms with Crippen LogP contribution in [0.2, 0.25) is 0 Å². The van der Waals surface area contributed by atoms with Gasteiger partial charge in [-0.15, -0.1) is 0 Å². The Hall–Kier alpha value is -2.88. The minimum atomic E-state index is -0.113. The van der Waals surface area contributed by atoms with Gasteiger partial charge < -0.3 is 10.2 Å². The normalized spacial score (nSPS) is 10.6. The third kappa shape index (κ3) is 3.23. The first kappa shape index (κ1) is 16.0. The molecule has 122 valence electrons. The van der Waals surface area contributed by atoms with Crippen LogP contribution in [0.15, 0.2) is 60.8 Å².